The molecule has 0 aliphatic heterocycles. The van der Waals surface area contributed by atoms with Crippen molar-refractivity contribution in [1.29, 1.82) is 0 Å². The van der Waals surface area contributed by atoms with Gasteiger partial charge in [-0.05, 0) is 42.5 Å². The van der Waals surface area contributed by atoms with Crippen molar-refractivity contribution in [1.82, 2.24) is 0 Å². The van der Waals surface area contributed by atoms with Crippen LogP contribution in [0.3, 0.4) is 0 Å². The maximum Gasteiger partial charge on any atom is 0.346 e. The number of carbonyl (C=O) groups is 2. The van der Waals surface area contributed by atoms with Crippen LogP contribution >= 0.6 is 0 Å². The highest BCUT2D eigenvalue weighted by Crippen LogP contribution is 2.14. The van der Waals surface area contributed by atoms with Crippen molar-refractivity contribution in [3.63, 3.8) is 0 Å². The van der Waals surface area contributed by atoms with Gasteiger partial charge in [-0.2, -0.15) is 16.8 Å². The van der Waals surface area contributed by atoms with Gasteiger partial charge in [0, 0.05) is 0 Å². The maximum atomic E-state index is 11.9. The smallest absolute Gasteiger partial charge is 0.346 e. The van der Waals surface area contributed by atoms with Crippen LogP contribution in [0.15, 0.2) is 58.3 Å². The summed E-state index contributed by atoms with van der Waals surface area (Å²) in [5.74, 6) is -2.29. The maximum absolute atomic E-state index is 11.9. The predicted octanol–water partition coefficient (Wildman–Crippen LogP) is 1.18. The van der Waals surface area contributed by atoms with Crippen LogP contribution in [0, 0.1) is 0 Å². The van der Waals surface area contributed by atoms with Crippen LogP contribution in [0.2, 0.25) is 0 Å². The molecule has 2 N–H and O–H groups in total. The number of carbonyl (C=O) groups excluding carboxylic acids is 2. The molecule has 0 saturated heterocycles. The van der Waals surface area contributed by atoms with Gasteiger partial charge in [-0.1, -0.05) is 6.07 Å². The second-order valence-corrected chi connectivity index (χ2v) is 7.52. The highest BCUT2D eigenvalue weighted by Gasteiger charge is 2.18. The molecule has 0 amide bonds. The minimum absolute atomic E-state index is 0.174. The first-order chi connectivity index (χ1) is 11.5. The van der Waals surface area contributed by atoms with E-state index in [1.807, 2.05) is 0 Å². The molecule has 0 aromatic heterocycles. The van der Waals surface area contributed by atoms with E-state index in [2.05, 4.69) is 4.74 Å². The quantitative estimate of drug-likeness (QED) is 0.448. The molecule has 0 atom stereocenters. The Labute approximate surface area is 142 Å². The second kappa shape index (κ2) is 6.72. The predicted molar refractivity (Wildman–Crippen MR) is 82.3 cm³/mol. The molecule has 2 aromatic carbocycles. The molecular formula is C14H10O9S2. The van der Waals surface area contributed by atoms with Crippen molar-refractivity contribution in [2.24, 2.45) is 0 Å². The first kappa shape index (κ1) is 18.7. The molecule has 0 spiro atoms. The van der Waals surface area contributed by atoms with Crippen molar-refractivity contribution >= 4 is 32.2 Å². The number of esters is 2. The lowest BCUT2D eigenvalue weighted by atomic mass is 10.2. The molecule has 9 nitrogen and oxygen atoms in total. The minimum atomic E-state index is -4.53. The Balaban J connectivity index is 2.19. The van der Waals surface area contributed by atoms with Crippen molar-refractivity contribution < 1.29 is 40.3 Å². The van der Waals surface area contributed by atoms with E-state index in [0.717, 1.165) is 36.4 Å². The van der Waals surface area contributed by atoms with E-state index in [4.69, 9.17) is 9.11 Å². The number of benzene rings is 2. The summed E-state index contributed by atoms with van der Waals surface area (Å²) in [7, 11) is -8.96. The molecule has 25 heavy (non-hydrogen) atoms. The van der Waals surface area contributed by atoms with E-state index in [1.54, 1.807) is 0 Å². The molecule has 0 saturated carbocycles. The van der Waals surface area contributed by atoms with Crippen molar-refractivity contribution in [2.45, 2.75) is 9.79 Å². The Kier molecular flexibility index (Phi) is 5.04. The average Bonchev–Trinajstić information content (AvgIpc) is 2.53. The highest BCUT2D eigenvalue weighted by atomic mass is 32.2. The van der Waals surface area contributed by atoms with Gasteiger partial charge in [-0.25, -0.2) is 9.59 Å². The summed E-state index contributed by atoms with van der Waals surface area (Å²) in [6, 6.07) is 8.14. The largest absolute Gasteiger partial charge is 0.386 e. The molecule has 0 radical (unpaired) electrons. The summed E-state index contributed by atoms with van der Waals surface area (Å²) >= 11 is 0. The average molecular weight is 386 g/mol. The van der Waals surface area contributed by atoms with Gasteiger partial charge in [0.15, 0.2) is 0 Å². The van der Waals surface area contributed by atoms with Gasteiger partial charge in [0.2, 0.25) is 0 Å². The summed E-state index contributed by atoms with van der Waals surface area (Å²) in [4.78, 5) is 22.7. The van der Waals surface area contributed by atoms with E-state index < -0.39 is 42.0 Å². The zero-order chi connectivity index (χ0) is 18.8. The number of rotatable bonds is 4. The topological polar surface area (TPSA) is 152 Å². The molecule has 132 valence electrons. The molecule has 2 aromatic rings. The zero-order valence-electron chi connectivity index (χ0n) is 12.2. The first-order valence-electron chi connectivity index (χ1n) is 6.40. The molecular weight excluding hydrogens is 376 g/mol. The molecule has 0 heterocycles. The van der Waals surface area contributed by atoms with Crippen LogP contribution in [0.4, 0.5) is 0 Å². The van der Waals surface area contributed by atoms with Crippen molar-refractivity contribution in [2.75, 3.05) is 0 Å². The van der Waals surface area contributed by atoms with Crippen LogP contribution in [-0.4, -0.2) is 37.9 Å². The Morgan fingerprint density at radius 2 is 1.24 bits per heavy atom. The molecule has 0 aliphatic rings. The van der Waals surface area contributed by atoms with Crippen LogP contribution < -0.4 is 0 Å². The van der Waals surface area contributed by atoms with Gasteiger partial charge in [0.1, 0.15) is 0 Å². The third-order valence-electron chi connectivity index (χ3n) is 2.94. The van der Waals surface area contributed by atoms with Crippen molar-refractivity contribution in [3.05, 3.63) is 59.7 Å². The summed E-state index contributed by atoms with van der Waals surface area (Å²) < 4.78 is 66.2. The number of hydrogen-bond acceptors (Lipinski definition) is 7. The van der Waals surface area contributed by atoms with Gasteiger partial charge in [-0.3, -0.25) is 9.11 Å². The van der Waals surface area contributed by atoms with Gasteiger partial charge in [0.05, 0.1) is 20.9 Å². The Bertz CT molecular complexity index is 1040. The molecule has 0 aliphatic carbocycles. The zero-order valence-corrected chi connectivity index (χ0v) is 13.8. The third kappa shape index (κ3) is 4.70. The van der Waals surface area contributed by atoms with Crippen LogP contribution in [0.1, 0.15) is 20.7 Å². The summed E-state index contributed by atoms with van der Waals surface area (Å²) in [6.07, 6.45) is 0. The summed E-state index contributed by atoms with van der Waals surface area (Å²) in [5.41, 5.74) is -0.468. The highest BCUT2D eigenvalue weighted by molar-refractivity contribution is 7.86. The Morgan fingerprint density at radius 3 is 1.76 bits per heavy atom. The fraction of sp³-hybridized carbons (Fsp3) is 0. The van der Waals surface area contributed by atoms with Crippen LogP contribution in [0.25, 0.3) is 0 Å². The lowest BCUT2D eigenvalue weighted by Gasteiger charge is -2.05. The van der Waals surface area contributed by atoms with E-state index in [9.17, 15) is 26.4 Å². The van der Waals surface area contributed by atoms with Crippen LogP contribution in [0.5, 0.6) is 0 Å². The third-order valence-corrected chi connectivity index (χ3v) is 4.66. The number of ether oxygens (including phenoxy) is 1. The summed E-state index contributed by atoms with van der Waals surface area (Å²) in [6.45, 7) is 0. The van der Waals surface area contributed by atoms with E-state index in [0.29, 0.717) is 0 Å². The van der Waals surface area contributed by atoms with Gasteiger partial charge < -0.3 is 4.74 Å². The summed E-state index contributed by atoms with van der Waals surface area (Å²) in [5, 5.41) is 0. The number of hydrogen-bond donors (Lipinski definition) is 2. The van der Waals surface area contributed by atoms with Gasteiger partial charge >= 0.3 is 11.9 Å². The van der Waals surface area contributed by atoms with Crippen LogP contribution in [-0.2, 0) is 25.0 Å². The first-order valence-corrected chi connectivity index (χ1v) is 9.28. The molecule has 2 rings (SSSR count). The fourth-order valence-electron chi connectivity index (χ4n) is 1.75. The monoisotopic (exact) mass is 386 g/mol. The van der Waals surface area contributed by atoms with Gasteiger partial charge in [0.25, 0.3) is 20.2 Å². The Hall–Kier alpha value is -2.60. The lowest BCUT2D eigenvalue weighted by Crippen LogP contribution is -2.13. The van der Waals surface area contributed by atoms with E-state index in [1.165, 1.54) is 12.1 Å². The van der Waals surface area contributed by atoms with Crippen molar-refractivity contribution in [3.8, 4) is 0 Å². The fourth-order valence-corrected chi connectivity index (χ4v) is 2.76. The molecule has 0 bridgehead atoms. The lowest BCUT2D eigenvalue weighted by molar-refractivity contribution is 0.0397. The van der Waals surface area contributed by atoms with Gasteiger partial charge in [-0.15, -0.1) is 0 Å². The molecule has 0 fully saturated rings. The Morgan fingerprint density at radius 1 is 0.720 bits per heavy atom. The molecule has 0 unspecified atom stereocenters. The minimum Gasteiger partial charge on any atom is -0.386 e. The standard InChI is InChI=1S/C14H10O9S2/c15-13(9-4-6-11(7-5-9)24(17,18)19)23-14(16)10-2-1-3-12(8-10)25(20,21)22/h1-8H,(H,17,18,19)(H,20,21,22). The second-order valence-electron chi connectivity index (χ2n) is 4.68. The molecule has 11 heteroatoms. The van der Waals surface area contributed by atoms with E-state index >= 15 is 0 Å². The van der Waals surface area contributed by atoms with E-state index in [-0.39, 0.29) is 11.1 Å². The SMILES string of the molecule is O=C(OC(=O)c1cccc(S(=O)(=O)O)c1)c1ccc(S(=O)(=O)O)cc1. The normalized spacial score (nSPS) is 11.8.